The van der Waals surface area contributed by atoms with Gasteiger partial charge in [0.25, 0.3) is 0 Å². The van der Waals surface area contributed by atoms with Crippen molar-refractivity contribution >= 4 is 49.6 Å². The van der Waals surface area contributed by atoms with Crippen molar-refractivity contribution in [3.05, 3.63) is 44.5 Å². The smallest absolute Gasteiger partial charge is 0.210 e. The average Bonchev–Trinajstić information content (AvgIpc) is 3.07. The molecule has 0 saturated carbocycles. The van der Waals surface area contributed by atoms with Gasteiger partial charge in [-0.15, -0.1) is 0 Å². The van der Waals surface area contributed by atoms with Crippen molar-refractivity contribution in [2.45, 2.75) is 19.8 Å². The number of aliphatic imine (C=N–C) groups is 1. The van der Waals surface area contributed by atoms with Crippen molar-refractivity contribution in [3.63, 3.8) is 0 Å². The summed E-state index contributed by atoms with van der Waals surface area (Å²) >= 11 is 7.03. The fourth-order valence-electron chi connectivity index (χ4n) is 2.47. The van der Waals surface area contributed by atoms with E-state index in [1.807, 2.05) is 25.1 Å². The number of aryl methyl sites for hydroxylation is 1. The first kappa shape index (κ1) is 14.9. The first-order chi connectivity index (χ1) is 10.1. The van der Waals surface area contributed by atoms with Crippen molar-refractivity contribution in [2.24, 2.45) is 4.99 Å². The van der Waals surface area contributed by atoms with Gasteiger partial charge in [0.15, 0.2) is 0 Å². The topological polar surface area (TPSA) is 28.7 Å². The molecule has 0 spiro atoms. The second kappa shape index (κ2) is 6.36. The lowest BCUT2D eigenvalue weighted by atomic mass is 10.2. The van der Waals surface area contributed by atoms with E-state index in [2.05, 4.69) is 47.8 Å². The fourth-order valence-corrected chi connectivity index (χ4v) is 3.51. The van der Waals surface area contributed by atoms with Crippen LogP contribution < -0.4 is 4.90 Å². The molecule has 1 aliphatic heterocycles. The Morgan fingerprint density at radius 2 is 1.95 bits per heavy atom. The average molecular weight is 412 g/mol. The molecule has 21 heavy (non-hydrogen) atoms. The molecular formula is C16H16Br2N2O. The van der Waals surface area contributed by atoms with Gasteiger partial charge in [0.05, 0.1) is 16.4 Å². The lowest BCUT2D eigenvalue weighted by molar-refractivity contribution is 0.549. The molecule has 1 fully saturated rings. The SMILES string of the molecule is Cc1cc(Br)ccc1N=Cc1cc(Br)c(N2CCCC2)o1. The Morgan fingerprint density at radius 1 is 1.19 bits per heavy atom. The van der Waals surface area contributed by atoms with Crippen LogP contribution in [0.2, 0.25) is 0 Å². The number of halogens is 2. The molecule has 0 atom stereocenters. The number of hydrogen-bond donors (Lipinski definition) is 0. The summed E-state index contributed by atoms with van der Waals surface area (Å²) in [6.45, 7) is 4.17. The van der Waals surface area contributed by atoms with Crippen molar-refractivity contribution in [3.8, 4) is 0 Å². The fraction of sp³-hybridized carbons (Fsp3) is 0.312. The number of nitrogens with zero attached hydrogens (tertiary/aromatic N) is 2. The first-order valence-corrected chi connectivity index (χ1v) is 8.56. The van der Waals surface area contributed by atoms with E-state index in [1.165, 1.54) is 12.8 Å². The van der Waals surface area contributed by atoms with Crippen LogP contribution in [0.15, 0.2) is 42.6 Å². The van der Waals surface area contributed by atoms with Crippen LogP contribution in [0.1, 0.15) is 24.2 Å². The Kier molecular flexibility index (Phi) is 4.50. The van der Waals surface area contributed by atoms with Gasteiger partial charge < -0.3 is 9.32 Å². The molecule has 2 heterocycles. The molecule has 0 N–H and O–H groups in total. The van der Waals surface area contributed by atoms with Crippen LogP contribution in [-0.4, -0.2) is 19.3 Å². The lowest BCUT2D eigenvalue weighted by Gasteiger charge is -2.13. The molecule has 110 valence electrons. The number of furan rings is 1. The van der Waals surface area contributed by atoms with E-state index in [9.17, 15) is 0 Å². The Bertz CT molecular complexity index is 673. The van der Waals surface area contributed by atoms with Gasteiger partial charge in [-0.1, -0.05) is 15.9 Å². The summed E-state index contributed by atoms with van der Waals surface area (Å²) in [5, 5.41) is 0. The highest BCUT2D eigenvalue weighted by molar-refractivity contribution is 9.10. The predicted octanol–water partition coefficient (Wildman–Crippen LogP) is 5.46. The zero-order chi connectivity index (χ0) is 14.8. The summed E-state index contributed by atoms with van der Waals surface area (Å²) in [4.78, 5) is 6.79. The minimum atomic E-state index is 0.770. The molecule has 0 bridgehead atoms. The van der Waals surface area contributed by atoms with Crippen LogP contribution in [0.4, 0.5) is 11.6 Å². The van der Waals surface area contributed by atoms with Gasteiger partial charge in [0.1, 0.15) is 5.76 Å². The van der Waals surface area contributed by atoms with Crippen molar-refractivity contribution in [1.82, 2.24) is 0 Å². The second-order valence-electron chi connectivity index (χ2n) is 5.19. The highest BCUT2D eigenvalue weighted by Gasteiger charge is 2.19. The highest BCUT2D eigenvalue weighted by atomic mass is 79.9. The number of anilines is 1. The third-order valence-electron chi connectivity index (χ3n) is 3.57. The molecule has 3 nitrogen and oxygen atoms in total. The Labute approximate surface area is 141 Å². The van der Waals surface area contributed by atoms with Gasteiger partial charge in [-0.3, -0.25) is 4.99 Å². The number of rotatable bonds is 3. The van der Waals surface area contributed by atoms with Gasteiger partial charge >= 0.3 is 0 Å². The van der Waals surface area contributed by atoms with Gasteiger partial charge in [0, 0.05) is 23.6 Å². The summed E-state index contributed by atoms with van der Waals surface area (Å²) < 4.78 is 7.97. The van der Waals surface area contributed by atoms with Crippen molar-refractivity contribution in [1.29, 1.82) is 0 Å². The summed E-state index contributed by atoms with van der Waals surface area (Å²) in [6, 6.07) is 8.02. The van der Waals surface area contributed by atoms with E-state index < -0.39 is 0 Å². The van der Waals surface area contributed by atoms with Crippen LogP contribution in [0, 0.1) is 6.92 Å². The van der Waals surface area contributed by atoms with E-state index in [1.54, 1.807) is 6.21 Å². The normalized spacial score (nSPS) is 15.3. The van der Waals surface area contributed by atoms with E-state index >= 15 is 0 Å². The molecule has 0 amide bonds. The first-order valence-electron chi connectivity index (χ1n) is 6.98. The third-order valence-corrected chi connectivity index (χ3v) is 4.63. The molecular weight excluding hydrogens is 396 g/mol. The molecule has 0 radical (unpaired) electrons. The zero-order valence-electron chi connectivity index (χ0n) is 11.8. The maximum Gasteiger partial charge on any atom is 0.210 e. The molecule has 1 aromatic heterocycles. The summed E-state index contributed by atoms with van der Waals surface area (Å²) in [5.74, 6) is 1.69. The van der Waals surface area contributed by atoms with E-state index in [0.717, 1.165) is 44.9 Å². The van der Waals surface area contributed by atoms with Gasteiger partial charge in [-0.25, -0.2) is 0 Å². The molecule has 3 rings (SSSR count). The predicted molar refractivity (Wildman–Crippen MR) is 94.0 cm³/mol. The molecule has 0 unspecified atom stereocenters. The molecule has 0 aliphatic carbocycles. The standard InChI is InChI=1S/C16H16Br2N2O/c1-11-8-12(17)4-5-15(11)19-10-13-9-14(18)16(21-13)20-6-2-3-7-20/h4-5,8-10H,2-3,6-7H2,1H3. The molecule has 2 aromatic rings. The van der Waals surface area contributed by atoms with Crippen LogP contribution in [0.25, 0.3) is 0 Å². The third kappa shape index (κ3) is 3.40. The monoisotopic (exact) mass is 410 g/mol. The number of benzene rings is 1. The molecule has 1 saturated heterocycles. The van der Waals surface area contributed by atoms with E-state index in [0.29, 0.717) is 0 Å². The highest BCUT2D eigenvalue weighted by Crippen LogP contribution is 2.32. The van der Waals surface area contributed by atoms with Crippen LogP contribution >= 0.6 is 31.9 Å². The summed E-state index contributed by atoms with van der Waals surface area (Å²) in [7, 11) is 0. The minimum Gasteiger partial charge on any atom is -0.438 e. The Hall–Kier alpha value is -1.07. The van der Waals surface area contributed by atoms with Gasteiger partial charge in [-0.05, 0) is 59.5 Å². The number of hydrogen-bond acceptors (Lipinski definition) is 3. The van der Waals surface area contributed by atoms with E-state index in [-0.39, 0.29) is 0 Å². The van der Waals surface area contributed by atoms with Gasteiger partial charge in [0.2, 0.25) is 5.88 Å². The second-order valence-corrected chi connectivity index (χ2v) is 6.96. The van der Waals surface area contributed by atoms with Crippen molar-refractivity contribution < 1.29 is 4.42 Å². The van der Waals surface area contributed by atoms with Crippen LogP contribution in [0.3, 0.4) is 0 Å². The molecule has 1 aromatic carbocycles. The van der Waals surface area contributed by atoms with Crippen LogP contribution in [-0.2, 0) is 0 Å². The maximum absolute atomic E-state index is 5.90. The summed E-state index contributed by atoms with van der Waals surface area (Å²) in [5.41, 5.74) is 2.08. The maximum atomic E-state index is 5.90. The van der Waals surface area contributed by atoms with E-state index in [4.69, 9.17) is 4.42 Å². The largest absolute Gasteiger partial charge is 0.438 e. The van der Waals surface area contributed by atoms with Crippen LogP contribution in [0.5, 0.6) is 0 Å². The summed E-state index contributed by atoms with van der Waals surface area (Å²) in [6.07, 6.45) is 4.24. The van der Waals surface area contributed by atoms with Crippen molar-refractivity contribution in [2.75, 3.05) is 18.0 Å². The molecule has 1 aliphatic rings. The minimum absolute atomic E-state index is 0.770. The lowest BCUT2D eigenvalue weighted by Crippen LogP contribution is -2.17. The zero-order valence-corrected chi connectivity index (χ0v) is 14.9. The quantitative estimate of drug-likeness (QED) is 0.627. The Morgan fingerprint density at radius 3 is 2.67 bits per heavy atom. The van der Waals surface area contributed by atoms with Gasteiger partial charge in [-0.2, -0.15) is 0 Å². The Balaban J connectivity index is 1.81. The molecule has 5 heteroatoms.